The Morgan fingerprint density at radius 2 is 1.70 bits per heavy atom. The lowest BCUT2D eigenvalue weighted by Crippen LogP contribution is -2.46. The van der Waals surface area contributed by atoms with Gasteiger partial charge >= 0.3 is 0 Å². The van der Waals surface area contributed by atoms with E-state index in [-0.39, 0.29) is 17.6 Å². The number of nitrogens with one attached hydrogen (secondary N) is 1. The third-order valence-electron chi connectivity index (χ3n) is 5.23. The van der Waals surface area contributed by atoms with E-state index in [4.69, 9.17) is 0 Å². The number of rotatable bonds is 4. The summed E-state index contributed by atoms with van der Waals surface area (Å²) in [5, 5.41) is 3.27. The highest BCUT2D eigenvalue weighted by molar-refractivity contribution is 5.79. The Morgan fingerprint density at radius 3 is 2.35 bits per heavy atom. The van der Waals surface area contributed by atoms with Crippen LogP contribution in [0.1, 0.15) is 50.5 Å². The minimum Gasteiger partial charge on any atom is -0.353 e. The number of carbonyl (C=O) groups is 1. The smallest absolute Gasteiger partial charge is 0.223 e. The Kier molecular flexibility index (Phi) is 5.65. The first kappa shape index (κ1) is 16.4. The van der Waals surface area contributed by atoms with Crippen LogP contribution in [0.3, 0.4) is 0 Å². The number of halogens is 1. The van der Waals surface area contributed by atoms with Crippen LogP contribution in [0, 0.1) is 11.7 Å². The first-order valence-electron chi connectivity index (χ1n) is 8.98. The van der Waals surface area contributed by atoms with E-state index in [2.05, 4.69) is 10.2 Å². The molecule has 0 radical (unpaired) electrons. The molecule has 1 heterocycles. The molecule has 1 aromatic carbocycles. The van der Waals surface area contributed by atoms with Gasteiger partial charge in [0.05, 0.1) is 0 Å². The quantitative estimate of drug-likeness (QED) is 0.922. The van der Waals surface area contributed by atoms with Crippen LogP contribution in [0.15, 0.2) is 24.3 Å². The van der Waals surface area contributed by atoms with Gasteiger partial charge in [0.25, 0.3) is 0 Å². The third-order valence-corrected chi connectivity index (χ3v) is 5.23. The van der Waals surface area contributed by atoms with Gasteiger partial charge in [-0.3, -0.25) is 9.69 Å². The number of amides is 1. The molecule has 0 bridgehead atoms. The molecule has 0 atom stereocenters. The summed E-state index contributed by atoms with van der Waals surface area (Å²) >= 11 is 0. The van der Waals surface area contributed by atoms with E-state index < -0.39 is 0 Å². The van der Waals surface area contributed by atoms with Crippen LogP contribution in [-0.2, 0) is 11.3 Å². The first-order chi connectivity index (χ1) is 11.2. The second kappa shape index (κ2) is 7.91. The Labute approximate surface area is 138 Å². The molecule has 1 saturated carbocycles. The summed E-state index contributed by atoms with van der Waals surface area (Å²) < 4.78 is 12.9. The standard InChI is InChI=1S/C19H27FN2O/c20-17-8-6-15(7-9-17)14-22-12-10-18(11-13-22)21-19(23)16-4-2-1-3-5-16/h6-9,16,18H,1-5,10-14H2,(H,21,23). The summed E-state index contributed by atoms with van der Waals surface area (Å²) in [5.41, 5.74) is 1.15. The number of hydrogen-bond acceptors (Lipinski definition) is 2. The Hall–Kier alpha value is -1.42. The van der Waals surface area contributed by atoms with Crippen molar-refractivity contribution in [3.8, 4) is 0 Å². The van der Waals surface area contributed by atoms with Gasteiger partial charge in [0.1, 0.15) is 5.82 Å². The lowest BCUT2D eigenvalue weighted by molar-refractivity contribution is -0.127. The minimum absolute atomic E-state index is 0.183. The molecule has 23 heavy (non-hydrogen) atoms. The van der Waals surface area contributed by atoms with E-state index in [0.717, 1.165) is 50.9 Å². The maximum absolute atomic E-state index is 12.9. The van der Waals surface area contributed by atoms with E-state index in [1.807, 2.05) is 12.1 Å². The van der Waals surface area contributed by atoms with Crippen molar-refractivity contribution in [2.45, 2.75) is 57.5 Å². The average molecular weight is 318 g/mol. The number of likely N-dealkylation sites (tertiary alicyclic amines) is 1. The van der Waals surface area contributed by atoms with Crippen molar-refractivity contribution in [1.29, 1.82) is 0 Å². The molecule has 126 valence electrons. The third kappa shape index (κ3) is 4.77. The second-order valence-electron chi connectivity index (χ2n) is 7.02. The molecule has 0 spiro atoms. The Bertz CT molecular complexity index is 503. The topological polar surface area (TPSA) is 32.3 Å². The van der Waals surface area contributed by atoms with Crippen LogP contribution < -0.4 is 5.32 Å². The highest BCUT2D eigenvalue weighted by Gasteiger charge is 2.25. The molecule has 4 heteroatoms. The Morgan fingerprint density at radius 1 is 1.04 bits per heavy atom. The number of carbonyl (C=O) groups excluding carboxylic acids is 1. The van der Waals surface area contributed by atoms with Crippen LogP contribution in [-0.4, -0.2) is 29.9 Å². The van der Waals surface area contributed by atoms with Crippen molar-refractivity contribution in [1.82, 2.24) is 10.2 Å². The maximum atomic E-state index is 12.9. The van der Waals surface area contributed by atoms with Crippen molar-refractivity contribution in [3.63, 3.8) is 0 Å². The molecule has 3 nitrogen and oxygen atoms in total. The number of piperidine rings is 1. The van der Waals surface area contributed by atoms with Gasteiger partial charge in [-0.25, -0.2) is 4.39 Å². The first-order valence-corrected chi connectivity index (χ1v) is 8.98. The zero-order valence-electron chi connectivity index (χ0n) is 13.8. The van der Waals surface area contributed by atoms with Crippen molar-refractivity contribution in [3.05, 3.63) is 35.6 Å². The summed E-state index contributed by atoms with van der Waals surface area (Å²) in [5.74, 6) is 0.348. The lowest BCUT2D eigenvalue weighted by Gasteiger charge is -2.33. The van der Waals surface area contributed by atoms with Gasteiger partial charge in [0.15, 0.2) is 0 Å². The fraction of sp³-hybridized carbons (Fsp3) is 0.632. The number of nitrogens with zero attached hydrogens (tertiary/aromatic N) is 1. The van der Waals surface area contributed by atoms with E-state index >= 15 is 0 Å². The minimum atomic E-state index is -0.183. The lowest BCUT2D eigenvalue weighted by atomic mass is 9.88. The molecule has 0 aromatic heterocycles. The molecule has 3 rings (SSSR count). The molecule has 1 N–H and O–H groups in total. The molecule has 0 unspecified atom stereocenters. The van der Waals surface area contributed by atoms with Gasteiger partial charge < -0.3 is 5.32 Å². The van der Waals surface area contributed by atoms with Crippen LogP contribution in [0.4, 0.5) is 4.39 Å². The molecule has 1 aromatic rings. The van der Waals surface area contributed by atoms with Crippen molar-refractivity contribution in [2.75, 3.05) is 13.1 Å². The number of benzene rings is 1. The van der Waals surface area contributed by atoms with Gasteiger partial charge in [0, 0.05) is 31.6 Å². The largest absolute Gasteiger partial charge is 0.353 e. The normalized spacial score (nSPS) is 21.3. The molecular formula is C19H27FN2O. The van der Waals surface area contributed by atoms with Crippen LogP contribution in [0.2, 0.25) is 0 Å². The molecule has 1 aliphatic heterocycles. The summed E-state index contributed by atoms with van der Waals surface area (Å²) in [6, 6.07) is 7.08. The van der Waals surface area contributed by atoms with E-state index in [1.165, 1.54) is 31.4 Å². The van der Waals surface area contributed by atoms with E-state index in [0.29, 0.717) is 6.04 Å². The van der Waals surface area contributed by atoms with Crippen LogP contribution in [0.5, 0.6) is 0 Å². The SMILES string of the molecule is O=C(NC1CCN(Cc2ccc(F)cc2)CC1)C1CCCCC1. The van der Waals surface area contributed by atoms with Gasteiger partial charge in [-0.2, -0.15) is 0 Å². The predicted molar refractivity (Wildman–Crippen MR) is 89.4 cm³/mol. The molecule has 2 aliphatic rings. The molecule has 1 amide bonds. The summed E-state index contributed by atoms with van der Waals surface area (Å²) in [6.07, 6.45) is 7.84. The fourth-order valence-electron chi connectivity index (χ4n) is 3.77. The second-order valence-corrected chi connectivity index (χ2v) is 7.02. The average Bonchev–Trinajstić information content (AvgIpc) is 2.59. The monoisotopic (exact) mass is 318 g/mol. The van der Waals surface area contributed by atoms with Crippen molar-refractivity contribution < 1.29 is 9.18 Å². The summed E-state index contributed by atoms with van der Waals surface area (Å²) in [4.78, 5) is 14.7. The van der Waals surface area contributed by atoms with Gasteiger partial charge in [-0.1, -0.05) is 31.4 Å². The predicted octanol–water partition coefficient (Wildman–Crippen LogP) is 3.49. The Balaban J connectivity index is 1.41. The maximum Gasteiger partial charge on any atom is 0.223 e. The van der Waals surface area contributed by atoms with Crippen molar-refractivity contribution in [2.24, 2.45) is 5.92 Å². The van der Waals surface area contributed by atoms with E-state index in [9.17, 15) is 9.18 Å². The van der Waals surface area contributed by atoms with Crippen LogP contribution in [0.25, 0.3) is 0 Å². The molecule has 1 saturated heterocycles. The fourth-order valence-corrected chi connectivity index (χ4v) is 3.77. The van der Waals surface area contributed by atoms with Gasteiger partial charge in [-0.15, -0.1) is 0 Å². The zero-order valence-corrected chi connectivity index (χ0v) is 13.8. The molecule has 2 fully saturated rings. The van der Waals surface area contributed by atoms with Crippen molar-refractivity contribution >= 4 is 5.91 Å². The van der Waals surface area contributed by atoms with Crippen LogP contribution >= 0.6 is 0 Å². The van der Waals surface area contributed by atoms with Gasteiger partial charge in [-0.05, 0) is 43.4 Å². The summed E-state index contributed by atoms with van der Waals surface area (Å²) in [7, 11) is 0. The highest BCUT2D eigenvalue weighted by atomic mass is 19.1. The van der Waals surface area contributed by atoms with E-state index in [1.54, 1.807) is 0 Å². The van der Waals surface area contributed by atoms with Gasteiger partial charge in [0.2, 0.25) is 5.91 Å². The molecule has 1 aliphatic carbocycles. The number of hydrogen-bond donors (Lipinski definition) is 1. The summed E-state index contributed by atoms with van der Waals surface area (Å²) in [6.45, 7) is 2.85. The highest BCUT2D eigenvalue weighted by Crippen LogP contribution is 2.24. The zero-order chi connectivity index (χ0) is 16.1. The molecular weight excluding hydrogens is 291 g/mol.